The highest BCUT2D eigenvalue weighted by molar-refractivity contribution is 5.71. The van der Waals surface area contributed by atoms with Crippen LogP contribution in [0.5, 0.6) is 0 Å². The van der Waals surface area contributed by atoms with E-state index in [1.54, 1.807) is 0 Å². The molecule has 3 unspecified atom stereocenters. The Morgan fingerprint density at radius 3 is 2.93 bits per heavy atom. The van der Waals surface area contributed by atoms with E-state index in [9.17, 15) is 4.79 Å². The molecule has 1 N–H and O–H groups in total. The molecule has 1 aliphatic carbocycles. The Morgan fingerprint density at radius 2 is 2.36 bits per heavy atom. The molecule has 3 fully saturated rings. The Balaban J connectivity index is 2.10. The van der Waals surface area contributed by atoms with Gasteiger partial charge in [-0.3, -0.25) is 9.69 Å². The van der Waals surface area contributed by atoms with Gasteiger partial charge in [0.1, 0.15) is 0 Å². The van der Waals surface area contributed by atoms with E-state index in [2.05, 4.69) is 11.5 Å². The zero-order chi connectivity index (χ0) is 10.1. The molecule has 3 atom stereocenters. The van der Waals surface area contributed by atoms with Crippen LogP contribution in [0.2, 0.25) is 0 Å². The minimum atomic E-state index is -0.617. The van der Waals surface area contributed by atoms with Gasteiger partial charge in [0.15, 0.2) is 0 Å². The zero-order valence-electron chi connectivity index (χ0n) is 8.35. The van der Waals surface area contributed by atoms with Crippen molar-refractivity contribution in [2.24, 2.45) is 11.8 Å². The highest BCUT2D eigenvalue weighted by Gasteiger charge is 2.43. The van der Waals surface area contributed by atoms with Crippen molar-refractivity contribution >= 4 is 5.97 Å². The molecule has 0 spiro atoms. The average molecular weight is 195 g/mol. The van der Waals surface area contributed by atoms with Crippen LogP contribution in [0.25, 0.3) is 0 Å². The Labute approximate surface area is 84.4 Å². The molecule has 2 aliphatic heterocycles. The van der Waals surface area contributed by atoms with Crippen molar-refractivity contribution in [3.63, 3.8) is 0 Å². The number of aliphatic carboxylic acids is 1. The van der Waals surface area contributed by atoms with Crippen molar-refractivity contribution in [2.75, 3.05) is 13.1 Å². The second-order valence-electron chi connectivity index (χ2n) is 4.43. The van der Waals surface area contributed by atoms with Gasteiger partial charge in [-0.05, 0) is 25.2 Å². The average Bonchev–Trinajstić information content (AvgIpc) is 2.19. The first-order valence-electron chi connectivity index (χ1n) is 5.30. The summed E-state index contributed by atoms with van der Waals surface area (Å²) in [5.74, 6) is -0.156. The Hall–Kier alpha value is -0.830. The molecule has 0 aromatic carbocycles. The van der Waals surface area contributed by atoms with Crippen molar-refractivity contribution < 1.29 is 9.90 Å². The van der Waals surface area contributed by atoms with Crippen LogP contribution in [0.3, 0.4) is 0 Å². The summed E-state index contributed by atoms with van der Waals surface area (Å²) >= 11 is 0. The smallest absolute Gasteiger partial charge is 0.308 e. The SMILES string of the molecule is C=CCN1CC2CCC1C(C(=O)O)C2. The van der Waals surface area contributed by atoms with E-state index in [1.165, 1.54) is 6.42 Å². The minimum absolute atomic E-state index is 0.137. The lowest BCUT2D eigenvalue weighted by molar-refractivity contribution is -0.149. The van der Waals surface area contributed by atoms with Crippen LogP contribution in [0.4, 0.5) is 0 Å². The van der Waals surface area contributed by atoms with Crippen molar-refractivity contribution in [1.29, 1.82) is 0 Å². The second-order valence-corrected chi connectivity index (χ2v) is 4.43. The molecule has 2 saturated heterocycles. The van der Waals surface area contributed by atoms with Gasteiger partial charge < -0.3 is 5.11 Å². The molecule has 3 nitrogen and oxygen atoms in total. The van der Waals surface area contributed by atoms with Gasteiger partial charge in [-0.15, -0.1) is 6.58 Å². The van der Waals surface area contributed by atoms with Crippen molar-refractivity contribution in [3.8, 4) is 0 Å². The summed E-state index contributed by atoms with van der Waals surface area (Å²) in [6.07, 6.45) is 5.02. The molecule has 3 heteroatoms. The van der Waals surface area contributed by atoms with E-state index in [-0.39, 0.29) is 12.0 Å². The fourth-order valence-corrected chi connectivity index (χ4v) is 2.95. The van der Waals surface area contributed by atoms with Gasteiger partial charge in [-0.2, -0.15) is 0 Å². The Bertz CT molecular complexity index is 252. The van der Waals surface area contributed by atoms with E-state index in [0.29, 0.717) is 5.92 Å². The molecule has 2 heterocycles. The van der Waals surface area contributed by atoms with E-state index in [1.807, 2.05) is 6.08 Å². The van der Waals surface area contributed by atoms with Gasteiger partial charge in [0.2, 0.25) is 0 Å². The lowest BCUT2D eigenvalue weighted by atomic mass is 9.73. The summed E-state index contributed by atoms with van der Waals surface area (Å²) < 4.78 is 0. The summed E-state index contributed by atoms with van der Waals surface area (Å²) in [5, 5.41) is 9.09. The third kappa shape index (κ3) is 1.57. The van der Waals surface area contributed by atoms with Crippen molar-refractivity contribution in [2.45, 2.75) is 25.3 Å². The third-order valence-electron chi connectivity index (χ3n) is 3.56. The van der Waals surface area contributed by atoms with Crippen molar-refractivity contribution in [3.05, 3.63) is 12.7 Å². The highest BCUT2D eigenvalue weighted by atomic mass is 16.4. The first-order valence-corrected chi connectivity index (χ1v) is 5.30. The highest BCUT2D eigenvalue weighted by Crippen LogP contribution is 2.38. The summed E-state index contributed by atoms with van der Waals surface area (Å²) in [5.41, 5.74) is 0. The Kier molecular flexibility index (Phi) is 2.59. The first-order chi connectivity index (χ1) is 6.72. The fraction of sp³-hybridized carbons (Fsp3) is 0.727. The number of rotatable bonds is 3. The number of carboxylic acids is 1. The van der Waals surface area contributed by atoms with Gasteiger partial charge >= 0.3 is 5.97 Å². The quantitative estimate of drug-likeness (QED) is 0.691. The summed E-state index contributed by atoms with van der Waals surface area (Å²) in [6, 6.07) is 0.260. The van der Waals surface area contributed by atoms with E-state index >= 15 is 0 Å². The van der Waals surface area contributed by atoms with Crippen LogP contribution >= 0.6 is 0 Å². The van der Waals surface area contributed by atoms with Gasteiger partial charge in [-0.25, -0.2) is 0 Å². The monoisotopic (exact) mass is 195 g/mol. The molecule has 14 heavy (non-hydrogen) atoms. The molecule has 0 radical (unpaired) electrons. The predicted octanol–water partition coefficient (Wildman–Crippen LogP) is 1.36. The number of piperidine rings is 2. The number of carboxylic acid groups (broad SMARTS) is 1. The van der Waals surface area contributed by atoms with E-state index < -0.39 is 5.97 Å². The maximum atomic E-state index is 11.0. The van der Waals surface area contributed by atoms with E-state index in [4.69, 9.17) is 5.11 Å². The molecule has 3 rings (SSSR count). The second kappa shape index (κ2) is 3.73. The molecule has 1 saturated carbocycles. The summed E-state index contributed by atoms with van der Waals surface area (Å²) in [4.78, 5) is 13.3. The molecular weight excluding hydrogens is 178 g/mol. The number of hydrogen-bond acceptors (Lipinski definition) is 2. The molecule has 3 aliphatic rings. The van der Waals surface area contributed by atoms with Crippen LogP contribution in [-0.2, 0) is 4.79 Å². The number of fused-ring (bicyclic) bond motifs is 3. The van der Waals surface area contributed by atoms with Gasteiger partial charge in [0, 0.05) is 19.1 Å². The largest absolute Gasteiger partial charge is 0.481 e. The number of carbonyl (C=O) groups is 1. The molecule has 2 bridgehead atoms. The fourth-order valence-electron chi connectivity index (χ4n) is 2.95. The summed E-state index contributed by atoms with van der Waals surface area (Å²) in [6.45, 7) is 5.63. The van der Waals surface area contributed by atoms with Crippen LogP contribution in [-0.4, -0.2) is 35.1 Å². The normalized spacial score (nSPS) is 37.0. The zero-order valence-corrected chi connectivity index (χ0v) is 8.35. The standard InChI is InChI=1S/C11H17NO2/c1-2-5-12-7-8-3-4-10(12)9(6-8)11(13)14/h2,8-10H,1,3-7H2,(H,13,14). The minimum Gasteiger partial charge on any atom is -0.481 e. The number of nitrogens with zero attached hydrogens (tertiary/aromatic N) is 1. The first kappa shape index (κ1) is 9.71. The Morgan fingerprint density at radius 1 is 1.57 bits per heavy atom. The lowest BCUT2D eigenvalue weighted by Crippen LogP contribution is -2.55. The molecule has 0 aromatic rings. The van der Waals surface area contributed by atoms with Crippen molar-refractivity contribution in [1.82, 2.24) is 4.90 Å². The summed E-state index contributed by atoms with van der Waals surface area (Å²) in [7, 11) is 0. The van der Waals surface area contributed by atoms with Gasteiger partial charge in [0.05, 0.1) is 5.92 Å². The lowest BCUT2D eigenvalue weighted by Gasteiger charge is -2.48. The van der Waals surface area contributed by atoms with Crippen LogP contribution in [0.1, 0.15) is 19.3 Å². The molecular formula is C11H17NO2. The maximum Gasteiger partial charge on any atom is 0.308 e. The number of hydrogen-bond donors (Lipinski definition) is 1. The van der Waals surface area contributed by atoms with E-state index in [0.717, 1.165) is 25.9 Å². The topological polar surface area (TPSA) is 40.5 Å². The van der Waals surface area contributed by atoms with Gasteiger partial charge in [0.25, 0.3) is 0 Å². The maximum absolute atomic E-state index is 11.0. The third-order valence-corrected chi connectivity index (χ3v) is 3.56. The molecule has 78 valence electrons. The van der Waals surface area contributed by atoms with Crippen LogP contribution in [0.15, 0.2) is 12.7 Å². The molecule has 0 aromatic heterocycles. The van der Waals surface area contributed by atoms with Crippen LogP contribution in [0, 0.1) is 11.8 Å². The predicted molar refractivity (Wildman–Crippen MR) is 54.0 cm³/mol. The van der Waals surface area contributed by atoms with Gasteiger partial charge in [-0.1, -0.05) is 6.08 Å². The van der Waals surface area contributed by atoms with Crippen LogP contribution < -0.4 is 0 Å². The molecule has 0 amide bonds.